The van der Waals surface area contributed by atoms with E-state index in [1.807, 2.05) is 31.3 Å². The van der Waals surface area contributed by atoms with Crippen LogP contribution in [0.15, 0.2) is 36.1 Å². The minimum Gasteiger partial charge on any atom is -0.389 e. The zero-order valence-electron chi connectivity index (χ0n) is 15.2. The van der Waals surface area contributed by atoms with Crippen LogP contribution in [0.4, 0.5) is 11.6 Å². The summed E-state index contributed by atoms with van der Waals surface area (Å²) in [5.41, 5.74) is 3.52. The summed E-state index contributed by atoms with van der Waals surface area (Å²) in [6.45, 7) is 0.563. The van der Waals surface area contributed by atoms with Crippen LogP contribution < -0.4 is 5.32 Å². The molecule has 5 rings (SSSR count). The van der Waals surface area contributed by atoms with Crippen molar-refractivity contribution in [3.8, 4) is 0 Å². The van der Waals surface area contributed by atoms with Crippen LogP contribution in [-0.2, 0) is 11.8 Å². The molecule has 144 valence electrons. The molecule has 1 aliphatic heterocycles. The first kappa shape index (κ1) is 17.4. The number of aliphatic hydroxyl groups is 1. The lowest BCUT2D eigenvalue weighted by atomic mass is 9.89. The van der Waals surface area contributed by atoms with Gasteiger partial charge in [0.1, 0.15) is 0 Å². The van der Waals surface area contributed by atoms with E-state index in [4.69, 9.17) is 16.3 Å². The molecule has 8 nitrogen and oxygen atoms in total. The number of aliphatic hydroxyl groups excluding tert-OH is 1. The summed E-state index contributed by atoms with van der Waals surface area (Å²) in [5.74, 6) is 1.21. The van der Waals surface area contributed by atoms with E-state index in [1.54, 1.807) is 10.9 Å². The number of ether oxygens (including phenoxy) is 1. The number of halogens is 1. The average Bonchev–Trinajstić information content (AvgIpc) is 3.31. The van der Waals surface area contributed by atoms with E-state index < -0.39 is 6.10 Å². The maximum Gasteiger partial charge on any atom is 0.225 e. The Balaban J connectivity index is 1.43. The number of allylic oxidation sites excluding steroid dienone is 2. The lowest BCUT2D eigenvalue weighted by Gasteiger charge is -2.32. The van der Waals surface area contributed by atoms with Gasteiger partial charge in [-0.05, 0) is 17.7 Å². The summed E-state index contributed by atoms with van der Waals surface area (Å²) in [6.07, 6.45) is 6.35. The summed E-state index contributed by atoms with van der Waals surface area (Å²) < 4.78 is 7.49. The number of aromatic amines is 1. The number of hydrogen-bond acceptors (Lipinski definition) is 6. The van der Waals surface area contributed by atoms with Gasteiger partial charge in [-0.2, -0.15) is 10.1 Å². The number of nitrogens with one attached hydrogen (secondary N) is 2. The van der Waals surface area contributed by atoms with Gasteiger partial charge in [0.2, 0.25) is 5.95 Å². The number of nitrogens with zero attached hydrogens (tertiary/aromatic N) is 4. The Bertz CT molecular complexity index is 1120. The van der Waals surface area contributed by atoms with E-state index in [0.29, 0.717) is 36.2 Å². The highest BCUT2D eigenvalue weighted by molar-refractivity contribution is 6.38. The van der Waals surface area contributed by atoms with Crippen molar-refractivity contribution in [3.63, 3.8) is 0 Å². The molecule has 9 heteroatoms. The zero-order chi connectivity index (χ0) is 19.3. The number of H-pyrrole nitrogens is 1. The molecule has 1 aromatic carbocycles. The molecule has 3 aromatic rings. The van der Waals surface area contributed by atoms with Crippen molar-refractivity contribution in [2.24, 2.45) is 7.05 Å². The van der Waals surface area contributed by atoms with Gasteiger partial charge in [0.05, 0.1) is 41.2 Å². The molecule has 0 amide bonds. The molecule has 3 N–H and O–H groups in total. The van der Waals surface area contributed by atoms with Gasteiger partial charge in [-0.1, -0.05) is 23.8 Å². The molecule has 1 saturated heterocycles. The molecule has 1 fully saturated rings. The second-order valence-corrected chi connectivity index (χ2v) is 7.37. The molecule has 0 radical (unpaired) electrons. The van der Waals surface area contributed by atoms with Crippen LogP contribution in [0.2, 0.25) is 5.02 Å². The van der Waals surface area contributed by atoms with Crippen LogP contribution in [0.25, 0.3) is 16.5 Å². The number of fused-ring (bicyclic) bond motifs is 2. The molecule has 2 aliphatic rings. The van der Waals surface area contributed by atoms with E-state index in [0.717, 1.165) is 27.7 Å². The smallest absolute Gasteiger partial charge is 0.225 e. The predicted octanol–water partition coefficient (Wildman–Crippen LogP) is 2.95. The van der Waals surface area contributed by atoms with Crippen LogP contribution >= 0.6 is 11.6 Å². The van der Waals surface area contributed by atoms with Crippen molar-refractivity contribution >= 4 is 39.7 Å². The lowest BCUT2D eigenvalue weighted by Crippen LogP contribution is -2.33. The Kier molecular flexibility index (Phi) is 4.19. The highest BCUT2D eigenvalue weighted by atomic mass is 35.5. The second-order valence-electron chi connectivity index (χ2n) is 6.99. The molecule has 0 saturated carbocycles. The molecular weight excluding hydrogens is 380 g/mol. The van der Waals surface area contributed by atoms with Gasteiger partial charge in [0, 0.05) is 30.8 Å². The minimum absolute atomic E-state index is 0.109. The quantitative estimate of drug-likeness (QED) is 0.627. The summed E-state index contributed by atoms with van der Waals surface area (Å²) >= 11 is 6.49. The normalized spacial score (nSPS) is 22.0. The van der Waals surface area contributed by atoms with Gasteiger partial charge in [-0.15, -0.1) is 5.10 Å². The molecule has 2 atom stereocenters. The Hall–Kier alpha value is -2.68. The third kappa shape index (κ3) is 2.90. The number of benzene rings is 1. The first-order chi connectivity index (χ1) is 13.6. The van der Waals surface area contributed by atoms with Crippen molar-refractivity contribution in [2.45, 2.75) is 25.0 Å². The second kappa shape index (κ2) is 6.73. The Morgan fingerprint density at radius 2 is 2.25 bits per heavy atom. The molecule has 0 bridgehead atoms. The van der Waals surface area contributed by atoms with E-state index in [1.165, 1.54) is 0 Å². The summed E-state index contributed by atoms with van der Waals surface area (Å²) in [4.78, 5) is 4.64. The van der Waals surface area contributed by atoms with Crippen molar-refractivity contribution in [3.05, 3.63) is 46.9 Å². The van der Waals surface area contributed by atoms with Crippen molar-refractivity contribution in [2.75, 3.05) is 11.9 Å². The highest BCUT2D eigenvalue weighted by Gasteiger charge is 2.30. The van der Waals surface area contributed by atoms with Gasteiger partial charge in [0.25, 0.3) is 0 Å². The van der Waals surface area contributed by atoms with Gasteiger partial charge >= 0.3 is 0 Å². The number of anilines is 2. The zero-order valence-corrected chi connectivity index (χ0v) is 15.9. The van der Waals surface area contributed by atoms with Crippen molar-refractivity contribution < 1.29 is 9.84 Å². The van der Waals surface area contributed by atoms with Crippen molar-refractivity contribution in [1.29, 1.82) is 0 Å². The Labute approximate surface area is 165 Å². The van der Waals surface area contributed by atoms with Gasteiger partial charge in [0.15, 0.2) is 5.82 Å². The maximum atomic E-state index is 10.1. The van der Waals surface area contributed by atoms with Crippen LogP contribution in [0.5, 0.6) is 0 Å². The van der Waals surface area contributed by atoms with E-state index >= 15 is 0 Å². The molecular formula is C19H19ClN6O2. The van der Waals surface area contributed by atoms with E-state index in [9.17, 15) is 5.11 Å². The topological polar surface area (TPSA) is 101 Å². The molecule has 28 heavy (non-hydrogen) atoms. The Morgan fingerprint density at radius 3 is 3.14 bits per heavy atom. The lowest BCUT2D eigenvalue weighted by molar-refractivity contribution is 0.00544. The first-order valence-corrected chi connectivity index (χ1v) is 9.48. The monoisotopic (exact) mass is 398 g/mol. The maximum absolute atomic E-state index is 10.1. The summed E-state index contributed by atoms with van der Waals surface area (Å²) in [5, 5.41) is 26.2. The number of aryl methyl sites for hydroxylation is 1. The van der Waals surface area contributed by atoms with E-state index in [2.05, 4.69) is 25.6 Å². The van der Waals surface area contributed by atoms with E-state index in [-0.39, 0.29) is 6.10 Å². The largest absolute Gasteiger partial charge is 0.389 e. The minimum atomic E-state index is -0.426. The third-order valence-corrected chi connectivity index (χ3v) is 5.61. The van der Waals surface area contributed by atoms with Crippen LogP contribution in [0.1, 0.15) is 18.7 Å². The third-order valence-electron chi connectivity index (χ3n) is 5.20. The molecule has 0 spiro atoms. The number of aromatic nitrogens is 5. The molecule has 2 unspecified atom stereocenters. The average molecular weight is 399 g/mol. The first-order valence-electron chi connectivity index (χ1n) is 9.10. The molecule has 2 aromatic heterocycles. The van der Waals surface area contributed by atoms with Crippen LogP contribution in [0, 0.1) is 0 Å². The fourth-order valence-corrected chi connectivity index (χ4v) is 3.92. The summed E-state index contributed by atoms with van der Waals surface area (Å²) in [6, 6.07) is 3.79. The van der Waals surface area contributed by atoms with Gasteiger partial charge in [-0.3, -0.25) is 5.10 Å². The Morgan fingerprint density at radius 1 is 1.36 bits per heavy atom. The van der Waals surface area contributed by atoms with Crippen LogP contribution in [-0.4, -0.2) is 48.9 Å². The van der Waals surface area contributed by atoms with Crippen molar-refractivity contribution in [1.82, 2.24) is 25.0 Å². The standard InChI is InChI=1S/C19H19ClN6O2/c1-26-19(22-14-5-4-13-12(17(14)20)9-21-24-13)23-18(25-26)10-2-3-11-15(27)6-7-28-16(11)8-10/h2-5,9,15-16,27H,6-8H2,1H3,(H,21,24)(H,22,23,25). The van der Waals surface area contributed by atoms with Crippen LogP contribution in [0.3, 0.4) is 0 Å². The predicted molar refractivity (Wildman–Crippen MR) is 106 cm³/mol. The summed E-state index contributed by atoms with van der Waals surface area (Å²) in [7, 11) is 1.83. The SMILES string of the molecule is Cn1nc(C2=CC=C3C(O)CCOC3C2)nc1Nc1ccc2[nH]ncc2c1Cl. The fourth-order valence-electron chi connectivity index (χ4n) is 3.65. The van der Waals surface area contributed by atoms with Gasteiger partial charge < -0.3 is 15.2 Å². The fraction of sp³-hybridized carbons (Fsp3) is 0.316. The van der Waals surface area contributed by atoms with Gasteiger partial charge in [-0.25, -0.2) is 4.68 Å². The molecule has 1 aliphatic carbocycles. The molecule has 3 heterocycles. The number of rotatable bonds is 3. The number of hydrogen-bond donors (Lipinski definition) is 3. The highest BCUT2D eigenvalue weighted by Crippen LogP contribution is 2.34.